The highest BCUT2D eigenvalue weighted by Gasteiger charge is 2.19. The summed E-state index contributed by atoms with van der Waals surface area (Å²) in [4.78, 5) is 12.2. The average Bonchev–Trinajstić information content (AvgIpc) is 2.92. The van der Waals surface area contributed by atoms with Crippen molar-refractivity contribution in [2.75, 3.05) is 7.11 Å². The van der Waals surface area contributed by atoms with E-state index in [1.807, 2.05) is 18.2 Å². The molecule has 1 heterocycles. The number of carbonyl (C=O) groups is 1. The second-order valence-corrected chi connectivity index (χ2v) is 5.30. The van der Waals surface area contributed by atoms with Crippen molar-refractivity contribution in [2.45, 2.75) is 38.1 Å². The summed E-state index contributed by atoms with van der Waals surface area (Å²) >= 11 is 0. The zero-order valence-corrected chi connectivity index (χ0v) is 11.6. The highest BCUT2D eigenvalue weighted by molar-refractivity contribution is 5.97. The van der Waals surface area contributed by atoms with Crippen LogP contribution in [0.3, 0.4) is 0 Å². The average molecular weight is 273 g/mol. The number of furan rings is 1. The van der Waals surface area contributed by atoms with Gasteiger partial charge in [-0.05, 0) is 25.0 Å². The largest absolute Gasteiger partial charge is 0.493 e. The summed E-state index contributed by atoms with van der Waals surface area (Å²) in [5.41, 5.74) is 0.629. The Hall–Kier alpha value is -1.97. The molecule has 0 spiro atoms. The maximum absolute atomic E-state index is 12.2. The lowest BCUT2D eigenvalue weighted by molar-refractivity contribution is 0.0901. The Balaban J connectivity index is 1.80. The summed E-state index contributed by atoms with van der Waals surface area (Å²) in [6, 6.07) is 7.69. The Labute approximate surface area is 118 Å². The topological polar surface area (TPSA) is 51.5 Å². The third-order valence-corrected chi connectivity index (χ3v) is 3.89. The van der Waals surface area contributed by atoms with E-state index in [0.717, 1.165) is 18.2 Å². The van der Waals surface area contributed by atoms with Crippen molar-refractivity contribution in [3.8, 4) is 5.75 Å². The van der Waals surface area contributed by atoms with E-state index in [2.05, 4.69) is 5.32 Å². The van der Waals surface area contributed by atoms with Crippen molar-refractivity contribution in [3.05, 3.63) is 30.0 Å². The van der Waals surface area contributed by atoms with Crippen LogP contribution < -0.4 is 10.1 Å². The maximum atomic E-state index is 12.2. The van der Waals surface area contributed by atoms with Gasteiger partial charge < -0.3 is 14.5 Å². The highest BCUT2D eigenvalue weighted by Crippen LogP contribution is 2.28. The van der Waals surface area contributed by atoms with Gasteiger partial charge in [0.05, 0.1) is 7.11 Å². The number of carbonyl (C=O) groups excluding carboxylic acids is 1. The third-order valence-electron chi connectivity index (χ3n) is 3.89. The first-order valence-electron chi connectivity index (χ1n) is 7.15. The third kappa shape index (κ3) is 2.50. The molecule has 4 nitrogen and oxygen atoms in total. The summed E-state index contributed by atoms with van der Waals surface area (Å²) in [6.07, 6.45) is 5.79. The molecule has 0 aliphatic heterocycles. The number of benzene rings is 1. The molecule has 1 saturated carbocycles. The Morgan fingerprint density at radius 3 is 2.85 bits per heavy atom. The smallest absolute Gasteiger partial charge is 0.287 e. The molecule has 106 valence electrons. The number of nitrogens with one attached hydrogen (secondary N) is 1. The lowest BCUT2D eigenvalue weighted by Gasteiger charge is -2.22. The molecule has 1 aromatic carbocycles. The zero-order chi connectivity index (χ0) is 13.9. The molecule has 3 rings (SSSR count). The van der Waals surface area contributed by atoms with Crippen LogP contribution in [0.5, 0.6) is 5.75 Å². The highest BCUT2D eigenvalue weighted by atomic mass is 16.5. The Kier molecular flexibility index (Phi) is 3.63. The first-order chi connectivity index (χ1) is 9.78. The fourth-order valence-electron chi connectivity index (χ4n) is 2.81. The quantitative estimate of drug-likeness (QED) is 0.931. The van der Waals surface area contributed by atoms with Crippen molar-refractivity contribution < 1.29 is 13.9 Å². The van der Waals surface area contributed by atoms with Crippen molar-refractivity contribution in [1.29, 1.82) is 0 Å². The van der Waals surface area contributed by atoms with E-state index in [1.165, 1.54) is 19.3 Å². The van der Waals surface area contributed by atoms with Crippen molar-refractivity contribution in [1.82, 2.24) is 5.32 Å². The van der Waals surface area contributed by atoms with Crippen molar-refractivity contribution >= 4 is 16.9 Å². The maximum Gasteiger partial charge on any atom is 0.287 e. The van der Waals surface area contributed by atoms with E-state index in [-0.39, 0.29) is 11.9 Å². The van der Waals surface area contributed by atoms with Gasteiger partial charge >= 0.3 is 0 Å². The number of para-hydroxylation sites is 1. The predicted molar refractivity (Wildman–Crippen MR) is 77.1 cm³/mol. The molecule has 0 radical (unpaired) electrons. The van der Waals surface area contributed by atoms with Gasteiger partial charge in [0.25, 0.3) is 5.91 Å². The Bertz CT molecular complexity index is 611. The first-order valence-corrected chi connectivity index (χ1v) is 7.15. The van der Waals surface area contributed by atoms with Crippen LogP contribution in [0.1, 0.15) is 42.7 Å². The van der Waals surface area contributed by atoms with E-state index in [9.17, 15) is 4.79 Å². The number of fused-ring (bicyclic) bond motifs is 1. The van der Waals surface area contributed by atoms with E-state index in [4.69, 9.17) is 9.15 Å². The molecule has 0 atom stereocenters. The molecule has 20 heavy (non-hydrogen) atoms. The fraction of sp³-hybridized carbons (Fsp3) is 0.438. The van der Waals surface area contributed by atoms with Crippen LogP contribution in [0.15, 0.2) is 28.7 Å². The number of ether oxygens (including phenoxy) is 1. The van der Waals surface area contributed by atoms with Crippen LogP contribution >= 0.6 is 0 Å². The molecule has 0 unspecified atom stereocenters. The van der Waals surface area contributed by atoms with Crippen LogP contribution in [-0.2, 0) is 0 Å². The van der Waals surface area contributed by atoms with Crippen LogP contribution in [-0.4, -0.2) is 19.1 Å². The summed E-state index contributed by atoms with van der Waals surface area (Å²) in [5, 5.41) is 3.95. The van der Waals surface area contributed by atoms with Gasteiger partial charge in [0, 0.05) is 11.4 Å². The summed E-state index contributed by atoms with van der Waals surface area (Å²) in [5.74, 6) is 0.879. The molecule has 1 aliphatic rings. The van der Waals surface area contributed by atoms with E-state index >= 15 is 0 Å². The monoisotopic (exact) mass is 273 g/mol. The second kappa shape index (κ2) is 5.57. The van der Waals surface area contributed by atoms with Crippen molar-refractivity contribution in [2.24, 2.45) is 0 Å². The number of amides is 1. The Morgan fingerprint density at radius 1 is 1.30 bits per heavy atom. The minimum atomic E-state index is -0.129. The molecule has 1 aliphatic carbocycles. The molecule has 1 N–H and O–H groups in total. The van der Waals surface area contributed by atoms with Gasteiger partial charge in [0.15, 0.2) is 17.1 Å². The van der Waals surface area contributed by atoms with E-state index in [1.54, 1.807) is 13.2 Å². The number of methoxy groups -OCH3 is 1. The normalized spacial score (nSPS) is 16.2. The molecular weight excluding hydrogens is 254 g/mol. The first kappa shape index (κ1) is 13.0. The number of hydrogen-bond donors (Lipinski definition) is 1. The molecular formula is C16H19NO3. The molecule has 1 fully saturated rings. The van der Waals surface area contributed by atoms with Gasteiger partial charge in [-0.1, -0.05) is 31.4 Å². The fourth-order valence-corrected chi connectivity index (χ4v) is 2.81. The summed E-state index contributed by atoms with van der Waals surface area (Å²) < 4.78 is 10.9. The predicted octanol–water partition coefficient (Wildman–Crippen LogP) is 3.50. The van der Waals surface area contributed by atoms with Gasteiger partial charge in [-0.2, -0.15) is 0 Å². The molecule has 2 aromatic rings. The minimum Gasteiger partial charge on any atom is -0.493 e. The number of rotatable bonds is 3. The van der Waals surface area contributed by atoms with Gasteiger partial charge in [-0.15, -0.1) is 0 Å². The Morgan fingerprint density at radius 2 is 2.10 bits per heavy atom. The van der Waals surface area contributed by atoms with E-state index < -0.39 is 0 Å². The van der Waals surface area contributed by atoms with Gasteiger partial charge in [-0.25, -0.2) is 0 Å². The molecule has 0 bridgehead atoms. The van der Waals surface area contributed by atoms with E-state index in [0.29, 0.717) is 17.1 Å². The van der Waals surface area contributed by atoms with Crippen LogP contribution in [0, 0.1) is 0 Å². The lowest BCUT2D eigenvalue weighted by atomic mass is 9.95. The van der Waals surface area contributed by atoms with Gasteiger partial charge in [-0.3, -0.25) is 4.79 Å². The van der Waals surface area contributed by atoms with Crippen LogP contribution in [0.25, 0.3) is 11.0 Å². The van der Waals surface area contributed by atoms with Gasteiger partial charge in [0.2, 0.25) is 0 Å². The summed E-state index contributed by atoms with van der Waals surface area (Å²) in [6.45, 7) is 0. The minimum absolute atomic E-state index is 0.129. The second-order valence-electron chi connectivity index (χ2n) is 5.30. The van der Waals surface area contributed by atoms with Crippen molar-refractivity contribution in [3.63, 3.8) is 0 Å². The molecule has 4 heteroatoms. The van der Waals surface area contributed by atoms with Crippen LogP contribution in [0.4, 0.5) is 0 Å². The van der Waals surface area contributed by atoms with Gasteiger partial charge in [0.1, 0.15) is 0 Å². The molecule has 0 saturated heterocycles. The standard InChI is InChI=1S/C16H19NO3/c1-19-13-9-5-6-11-10-14(20-15(11)13)16(18)17-12-7-3-2-4-8-12/h5-6,9-10,12H,2-4,7-8H2,1H3,(H,17,18). The molecule has 1 amide bonds. The number of hydrogen-bond acceptors (Lipinski definition) is 3. The SMILES string of the molecule is COc1cccc2cc(C(=O)NC3CCCCC3)oc12. The lowest BCUT2D eigenvalue weighted by Crippen LogP contribution is -2.35. The molecule has 1 aromatic heterocycles. The summed E-state index contributed by atoms with van der Waals surface area (Å²) in [7, 11) is 1.60. The van der Waals surface area contributed by atoms with Crippen LogP contribution in [0.2, 0.25) is 0 Å². The zero-order valence-electron chi connectivity index (χ0n) is 11.6.